The van der Waals surface area contributed by atoms with E-state index < -0.39 is 35.6 Å². The predicted octanol–water partition coefficient (Wildman–Crippen LogP) is -0.0216. The molecule has 3 N–H and O–H groups in total. The summed E-state index contributed by atoms with van der Waals surface area (Å²) in [6, 6.07) is -1.25. The van der Waals surface area contributed by atoms with Crippen LogP contribution in [0.5, 0.6) is 0 Å². The normalized spacial score (nSPS) is 23.0. The van der Waals surface area contributed by atoms with Gasteiger partial charge >= 0.3 is 6.09 Å². The van der Waals surface area contributed by atoms with E-state index in [1.165, 1.54) is 9.80 Å². The van der Waals surface area contributed by atoms with Gasteiger partial charge in [-0.25, -0.2) is 4.79 Å². The van der Waals surface area contributed by atoms with E-state index in [-0.39, 0.29) is 12.5 Å². The fourth-order valence-corrected chi connectivity index (χ4v) is 3.35. The number of rotatable bonds is 4. The minimum atomic E-state index is -0.641. The van der Waals surface area contributed by atoms with Gasteiger partial charge in [0, 0.05) is 13.1 Å². The first-order valence-electron chi connectivity index (χ1n) is 8.96. The number of primary amides is 1. The van der Waals surface area contributed by atoms with Crippen molar-refractivity contribution in [3.05, 3.63) is 0 Å². The molecule has 2 fully saturated rings. The summed E-state index contributed by atoms with van der Waals surface area (Å²) in [5, 5.41) is 2.45. The van der Waals surface area contributed by atoms with E-state index in [4.69, 9.17) is 10.5 Å². The summed E-state index contributed by atoms with van der Waals surface area (Å²) in [5.74, 6) is -1.28. The van der Waals surface area contributed by atoms with E-state index in [9.17, 15) is 19.2 Å². The number of hydrogen-bond acceptors (Lipinski definition) is 5. The average molecular weight is 368 g/mol. The number of hydrogen-bond donors (Lipinski definition) is 2. The van der Waals surface area contributed by atoms with Crippen molar-refractivity contribution in [2.45, 2.75) is 64.1 Å². The fourth-order valence-electron chi connectivity index (χ4n) is 3.35. The van der Waals surface area contributed by atoms with Crippen LogP contribution in [0.1, 0.15) is 46.5 Å². The number of nitrogens with one attached hydrogen (secondary N) is 1. The third-order valence-corrected chi connectivity index (χ3v) is 4.44. The van der Waals surface area contributed by atoms with Crippen LogP contribution in [-0.4, -0.2) is 70.9 Å². The second kappa shape index (κ2) is 7.92. The zero-order valence-corrected chi connectivity index (χ0v) is 15.6. The minimum Gasteiger partial charge on any atom is -0.444 e. The Morgan fingerprint density at radius 2 is 1.62 bits per heavy atom. The van der Waals surface area contributed by atoms with Gasteiger partial charge < -0.3 is 20.7 Å². The van der Waals surface area contributed by atoms with E-state index in [0.29, 0.717) is 38.8 Å². The molecule has 4 amide bonds. The summed E-state index contributed by atoms with van der Waals surface area (Å²) < 4.78 is 5.39. The Labute approximate surface area is 153 Å². The number of ether oxygens (including phenoxy) is 1. The Kier molecular flexibility index (Phi) is 6.09. The van der Waals surface area contributed by atoms with Crippen molar-refractivity contribution in [2.75, 3.05) is 19.6 Å². The molecule has 0 aromatic heterocycles. The van der Waals surface area contributed by atoms with Gasteiger partial charge in [-0.2, -0.15) is 0 Å². The third kappa shape index (κ3) is 4.86. The molecule has 9 heteroatoms. The van der Waals surface area contributed by atoms with Crippen molar-refractivity contribution >= 4 is 23.8 Å². The lowest BCUT2D eigenvalue weighted by Gasteiger charge is -2.32. The van der Waals surface area contributed by atoms with Crippen molar-refractivity contribution in [3.63, 3.8) is 0 Å². The SMILES string of the molecule is CC(C)(C)OC(=O)N1CCCC1C(=O)N1CCCC1C(=O)NCC(N)=O. The first-order chi connectivity index (χ1) is 12.1. The van der Waals surface area contributed by atoms with Gasteiger partial charge in [-0.3, -0.25) is 19.3 Å². The molecule has 2 atom stereocenters. The number of nitrogens with zero attached hydrogens (tertiary/aromatic N) is 2. The van der Waals surface area contributed by atoms with Gasteiger partial charge in [-0.1, -0.05) is 0 Å². The quantitative estimate of drug-likeness (QED) is 0.722. The topological polar surface area (TPSA) is 122 Å². The number of likely N-dealkylation sites (tertiary alicyclic amines) is 2. The van der Waals surface area contributed by atoms with Gasteiger partial charge in [-0.15, -0.1) is 0 Å². The molecule has 0 aromatic rings. The predicted molar refractivity (Wildman–Crippen MR) is 92.9 cm³/mol. The van der Waals surface area contributed by atoms with Crippen LogP contribution in [0.25, 0.3) is 0 Å². The third-order valence-electron chi connectivity index (χ3n) is 4.44. The number of carbonyl (C=O) groups excluding carboxylic acids is 4. The molecule has 0 radical (unpaired) electrons. The second-order valence-corrected chi connectivity index (χ2v) is 7.71. The molecule has 2 rings (SSSR count). The molecular formula is C17H28N4O5. The highest BCUT2D eigenvalue weighted by molar-refractivity contribution is 5.93. The Morgan fingerprint density at radius 3 is 2.19 bits per heavy atom. The van der Waals surface area contributed by atoms with E-state index in [1.54, 1.807) is 20.8 Å². The van der Waals surface area contributed by atoms with Crippen LogP contribution in [0.2, 0.25) is 0 Å². The molecule has 146 valence electrons. The van der Waals surface area contributed by atoms with Crippen LogP contribution in [0, 0.1) is 0 Å². The lowest BCUT2D eigenvalue weighted by atomic mass is 10.1. The summed E-state index contributed by atoms with van der Waals surface area (Å²) in [6.07, 6.45) is 1.96. The van der Waals surface area contributed by atoms with Crippen LogP contribution in [0.15, 0.2) is 0 Å². The molecule has 2 aliphatic heterocycles. The van der Waals surface area contributed by atoms with Crippen molar-refractivity contribution in [3.8, 4) is 0 Å². The minimum absolute atomic E-state index is 0.245. The zero-order chi connectivity index (χ0) is 19.5. The highest BCUT2D eigenvalue weighted by atomic mass is 16.6. The maximum absolute atomic E-state index is 13.0. The lowest BCUT2D eigenvalue weighted by molar-refractivity contribution is -0.142. The van der Waals surface area contributed by atoms with Crippen molar-refractivity contribution in [1.29, 1.82) is 0 Å². The molecule has 0 spiro atoms. The molecule has 9 nitrogen and oxygen atoms in total. The van der Waals surface area contributed by atoms with Crippen LogP contribution in [-0.2, 0) is 19.1 Å². The van der Waals surface area contributed by atoms with Gasteiger partial charge in [0.25, 0.3) is 0 Å². The van der Waals surface area contributed by atoms with Crippen LogP contribution in [0.4, 0.5) is 4.79 Å². The maximum atomic E-state index is 13.0. The Hall–Kier alpha value is -2.32. The average Bonchev–Trinajstić information content (AvgIpc) is 3.19. The fraction of sp³-hybridized carbons (Fsp3) is 0.765. The first kappa shape index (κ1) is 20.0. The molecule has 2 heterocycles. The standard InChI is InChI=1S/C17H28N4O5/c1-17(2,3)26-16(25)21-9-5-7-12(21)15(24)20-8-4-6-11(20)14(23)19-10-13(18)22/h11-12H,4-10H2,1-3H3,(H2,18,22)(H,19,23). The summed E-state index contributed by atoms with van der Waals surface area (Å²) in [6.45, 7) is 5.97. The van der Waals surface area contributed by atoms with E-state index in [1.807, 2.05) is 0 Å². The van der Waals surface area contributed by atoms with Crippen molar-refractivity contribution < 1.29 is 23.9 Å². The molecule has 0 aliphatic carbocycles. The van der Waals surface area contributed by atoms with E-state index in [2.05, 4.69) is 5.32 Å². The van der Waals surface area contributed by atoms with Crippen LogP contribution in [0.3, 0.4) is 0 Å². The molecule has 0 bridgehead atoms. The molecule has 0 saturated carbocycles. The highest BCUT2D eigenvalue weighted by Gasteiger charge is 2.43. The monoisotopic (exact) mass is 368 g/mol. The molecule has 2 aliphatic rings. The smallest absolute Gasteiger partial charge is 0.410 e. The van der Waals surface area contributed by atoms with Gasteiger partial charge in [0.15, 0.2) is 0 Å². The van der Waals surface area contributed by atoms with Crippen molar-refractivity contribution in [1.82, 2.24) is 15.1 Å². The van der Waals surface area contributed by atoms with Crippen LogP contribution >= 0.6 is 0 Å². The maximum Gasteiger partial charge on any atom is 0.410 e. The molecule has 26 heavy (non-hydrogen) atoms. The summed E-state index contributed by atoms with van der Waals surface area (Å²) in [5.41, 5.74) is 4.40. The second-order valence-electron chi connectivity index (χ2n) is 7.71. The first-order valence-corrected chi connectivity index (χ1v) is 8.96. The van der Waals surface area contributed by atoms with Gasteiger partial charge in [0.2, 0.25) is 17.7 Å². The Balaban J connectivity index is 2.04. The van der Waals surface area contributed by atoms with Gasteiger partial charge in [0.1, 0.15) is 17.7 Å². The molecule has 2 saturated heterocycles. The Bertz CT molecular complexity index is 586. The summed E-state index contributed by atoms with van der Waals surface area (Å²) >= 11 is 0. The number of carbonyl (C=O) groups is 4. The summed E-state index contributed by atoms with van der Waals surface area (Å²) in [7, 11) is 0. The molecule has 2 unspecified atom stereocenters. The number of nitrogens with two attached hydrogens (primary N) is 1. The Morgan fingerprint density at radius 1 is 1.04 bits per heavy atom. The van der Waals surface area contributed by atoms with Gasteiger partial charge in [-0.05, 0) is 46.5 Å². The highest BCUT2D eigenvalue weighted by Crippen LogP contribution is 2.26. The van der Waals surface area contributed by atoms with Crippen molar-refractivity contribution in [2.24, 2.45) is 5.73 Å². The van der Waals surface area contributed by atoms with Crippen LogP contribution < -0.4 is 11.1 Å². The molecule has 0 aromatic carbocycles. The zero-order valence-electron chi connectivity index (χ0n) is 15.6. The van der Waals surface area contributed by atoms with E-state index in [0.717, 1.165) is 0 Å². The van der Waals surface area contributed by atoms with Gasteiger partial charge in [0.05, 0.1) is 6.54 Å². The largest absolute Gasteiger partial charge is 0.444 e. The van der Waals surface area contributed by atoms with E-state index >= 15 is 0 Å². The lowest BCUT2D eigenvalue weighted by Crippen LogP contribution is -2.53. The number of amides is 4. The summed E-state index contributed by atoms with van der Waals surface area (Å²) in [4.78, 5) is 51.4. The molecular weight excluding hydrogens is 340 g/mol.